The van der Waals surface area contributed by atoms with Crippen molar-refractivity contribution < 1.29 is 58.3 Å². The van der Waals surface area contributed by atoms with E-state index in [2.05, 4.69) is 0 Å². The summed E-state index contributed by atoms with van der Waals surface area (Å²) in [6.45, 7) is 7.57. The van der Waals surface area contributed by atoms with Crippen LogP contribution in [0.2, 0.25) is 0 Å². The zero-order chi connectivity index (χ0) is 23.8. The van der Waals surface area contributed by atoms with Crippen LogP contribution in [0.5, 0.6) is 0 Å². The normalized spacial score (nSPS) is 10.9. The highest BCUT2D eigenvalue weighted by Crippen LogP contribution is 1.84. The van der Waals surface area contributed by atoms with Crippen LogP contribution in [0.15, 0.2) is 0 Å². The van der Waals surface area contributed by atoms with E-state index in [1.165, 1.54) is 0 Å². The van der Waals surface area contributed by atoms with Gasteiger partial charge in [-0.15, -0.1) is 0 Å². The van der Waals surface area contributed by atoms with Crippen molar-refractivity contribution in [1.29, 1.82) is 0 Å². The summed E-state index contributed by atoms with van der Waals surface area (Å²) in [6, 6.07) is 0. The summed E-state index contributed by atoms with van der Waals surface area (Å²) >= 11 is 0. The smallest absolute Gasteiger partial charge is 0.0701 e. The molecule has 0 amide bonds. The predicted molar refractivity (Wildman–Crippen MR) is 115 cm³/mol. The van der Waals surface area contributed by atoms with Crippen molar-refractivity contribution >= 4 is 0 Å². The molecular formula is C20H44O12. The maximum absolute atomic E-state index is 8.45. The number of aliphatic hydroxyl groups is 4. The molecule has 0 aromatic heterocycles. The van der Waals surface area contributed by atoms with Crippen LogP contribution in [0.4, 0.5) is 0 Å². The van der Waals surface area contributed by atoms with E-state index in [-0.39, 0.29) is 26.4 Å². The minimum absolute atomic E-state index is 0.0359. The molecule has 0 heterocycles. The average Bonchev–Trinajstić information content (AvgIpc) is 2.81. The molecule has 0 aromatic carbocycles. The molecule has 0 spiro atoms. The number of rotatable bonds is 26. The van der Waals surface area contributed by atoms with Gasteiger partial charge in [0, 0.05) is 0 Å². The van der Waals surface area contributed by atoms with Crippen LogP contribution >= 0.6 is 0 Å². The maximum Gasteiger partial charge on any atom is 0.0701 e. The van der Waals surface area contributed by atoms with Crippen LogP contribution in [-0.4, -0.2) is 153 Å². The van der Waals surface area contributed by atoms with Gasteiger partial charge in [-0.3, -0.25) is 0 Å². The molecule has 0 fully saturated rings. The quantitative estimate of drug-likeness (QED) is 0.103. The first-order chi connectivity index (χ1) is 15.8. The Bertz CT molecular complexity index is 274. The minimum Gasteiger partial charge on any atom is -0.394 e. The van der Waals surface area contributed by atoms with Gasteiger partial charge in [0.25, 0.3) is 0 Å². The van der Waals surface area contributed by atoms with E-state index >= 15 is 0 Å². The van der Waals surface area contributed by atoms with Gasteiger partial charge in [-0.05, 0) is 0 Å². The van der Waals surface area contributed by atoms with Gasteiger partial charge < -0.3 is 58.3 Å². The Balaban J connectivity index is 0. The number of hydrogen-bond donors (Lipinski definition) is 4. The summed E-state index contributed by atoms with van der Waals surface area (Å²) in [7, 11) is 0. The highest BCUT2D eigenvalue weighted by molar-refractivity contribution is 4.36. The molecule has 4 N–H and O–H groups in total. The van der Waals surface area contributed by atoms with Crippen molar-refractivity contribution in [2.75, 3.05) is 132 Å². The van der Waals surface area contributed by atoms with Gasteiger partial charge in [0.05, 0.1) is 132 Å². The second-order valence-corrected chi connectivity index (χ2v) is 5.79. The Morgan fingerprint density at radius 1 is 0.219 bits per heavy atom. The number of ether oxygens (including phenoxy) is 8. The summed E-state index contributed by atoms with van der Waals surface area (Å²) in [5, 5.41) is 33.6. The fourth-order valence-electron chi connectivity index (χ4n) is 1.78. The van der Waals surface area contributed by atoms with E-state index in [0.717, 1.165) is 0 Å². The molecule has 0 unspecified atom stereocenters. The molecule has 0 aliphatic rings. The Morgan fingerprint density at radius 2 is 0.344 bits per heavy atom. The van der Waals surface area contributed by atoms with E-state index in [9.17, 15) is 0 Å². The van der Waals surface area contributed by atoms with Crippen molar-refractivity contribution in [2.45, 2.75) is 0 Å². The third-order valence-electron chi connectivity index (χ3n) is 3.17. The number of hydrogen-bond acceptors (Lipinski definition) is 12. The van der Waals surface area contributed by atoms with Crippen LogP contribution in [-0.2, 0) is 37.9 Å². The lowest BCUT2D eigenvalue weighted by molar-refractivity contribution is -0.0151. The topological polar surface area (TPSA) is 155 Å². The molecular weight excluding hydrogens is 432 g/mol. The summed E-state index contributed by atoms with van der Waals surface area (Å²) < 4.78 is 40.8. The van der Waals surface area contributed by atoms with Crippen LogP contribution in [0.3, 0.4) is 0 Å². The number of aliphatic hydroxyl groups excluding tert-OH is 4. The molecule has 0 radical (unpaired) electrons. The minimum atomic E-state index is 0.0359. The summed E-state index contributed by atoms with van der Waals surface area (Å²) in [4.78, 5) is 0. The summed E-state index contributed by atoms with van der Waals surface area (Å²) in [6.07, 6.45) is 0. The zero-order valence-electron chi connectivity index (χ0n) is 19.2. The predicted octanol–water partition coefficient (Wildman–Crippen LogP) is -1.93. The standard InChI is InChI=1S/C12H26O7.C8H18O5/c13-1-3-15-5-7-17-9-11-19-12-10-18-8-6-16-4-2-14;9-1-3-11-5-7-13-8-6-12-4-2-10/h13-14H,1-12H2;9-10H,1-8H2. The highest BCUT2D eigenvalue weighted by atomic mass is 16.6. The van der Waals surface area contributed by atoms with E-state index < -0.39 is 0 Å². The van der Waals surface area contributed by atoms with E-state index in [1.54, 1.807) is 0 Å². The lowest BCUT2D eigenvalue weighted by Gasteiger charge is -2.07. The first-order valence-electron chi connectivity index (χ1n) is 10.9. The largest absolute Gasteiger partial charge is 0.394 e. The van der Waals surface area contributed by atoms with Crippen LogP contribution in [0.1, 0.15) is 0 Å². The molecule has 0 saturated heterocycles. The third-order valence-corrected chi connectivity index (χ3v) is 3.17. The van der Waals surface area contributed by atoms with Gasteiger partial charge in [-0.1, -0.05) is 0 Å². The van der Waals surface area contributed by atoms with Crippen LogP contribution in [0.25, 0.3) is 0 Å². The lowest BCUT2D eigenvalue weighted by Crippen LogP contribution is -2.14. The monoisotopic (exact) mass is 476 g/mol. The second-order valence-electron chi connectivity index (χ2n) is 5.79. The van der Waals surface area contributed by atoms with Gasteiger partial charge in [-0.25, -0.2) is 0 Å². The van der Waals surface area contributed by atoms with Crippen LogP contribution in [0, 0.1) is 0 Å². The Morgan fingerprint density at radius 3 is 0.469 bits per heavy atom. The molecule has 0 saturated carbocycles. The van der Waals surface area contributed by atoms with Crippen molar-refractivity contribution in [1.82, 2.24) is 0 Å². The summed E-state index contributed by atoms with van der Waals surface area (Å²) in [5.74, 6) is 0. The highest BCUT2D eigenvalue weighted by Gasteiger charge is 1.93. The van der Waals surface area contributed by atoms with E-state index in [4.69, 9.17) is 58.3 Å². The molecule has 0 rings (SSSR count). The molecule has 12 nitrogen and oxygen atoms in total. The van der Waals surface area contributed by atoms with Gasteiger partial charge in [-0.2, -0.15) is 0 Å². The van der Waals surface area contributed by atoms with Crippen molar-refractivity contribution in [3.05, 3.63) is 0 Å². The third kappa shape index (κ3) is 36.9. The van der Waals surface area contributed by atoms with Gasteiger partial charge in [0.2, 0.25) is 0 Å². The zero-order valence-corrected chi connectivity index (χ0v) is 19.2. The van der Waals surface area contributed by atoms with E-state index in [0.29, 0.717) is 106 Å². The first kappa shape index (κ1) is 33.7. The first-order valence-corrected chi connectivity index (χ1v) is 10.9. The SMILES string of the molecule is OCCOCCOCCOCCO.OCCOCCOCCOCCOCCOCCO. The van der Waals surface area contributed by atoms with Gasteiger partial charge in [0.1, 0.15) is 0 Å². The fourth-order valence-corrected chi connectivity index (χ4v) is 1.78. The fraction of sp³-hybridized carbons (Fsp3) is 1.00. The van der Waals surface area contributed by atoms with E-state index in [1.807, 2.05) is 0 Å². The molecule has 12 heteroatoms. The average molecular weight is 477 g/mol. The molecule has 0 aliphatic carbocycles. The van der Waals surface area contributed by atoms with Gasteiger partial charge in [0.15, 0.2) is 0 Å². The van der Waals surface area contributed by atoms with Crippen molar-refractivity contribution in [3.8, 4) is 0 Å². The lowest BCUT2D eigenvalue weighted by atomic mass is 10.7. The molecule has 196 valence electrons. The Labute approximate surface area is 191 Å². The van der Waals surface area contributed by atoms with Crippen molar-refractivity contribution in [3.63, 3.8) is 0 Å². The molecule has 32 heavy (non-hydrogen) atoms. The van der Waals surface area contributed by atoms with Gasteiger partial charge >= 0.3 is 0 Å². The summed E-state index contributed by atoms with van der Waals surface area (Å²) in [5.41, 5.74) is 0. The maximum atomic E-state index is 8.45. The molecule has 0 aliphatic heterocycles. The molecule has 0 bridgehead atoms. The van der Waals surface area contributed by atoms with Crippen molar-refractivity contribution in [2.24, 2.45) is 0 Å². The second kappa shape index (κ2) is 35.1. The Hall–Kier alpha value is -0.480. The van der Waals surface area contributed by atoms with Crippen LogP contribution < -0.4 is 0 Å². The Kier molecular flexibility index (Phi) is 37.0. The molecule has 0 atom stereocenters. The molecule has 0 aromatic rings.